The first kappa shape index (κ1) is 18.3. The molecule has 6 nitrogen and oxygen atoms in total. The average Bonchev–Trinajstić information content (AvgIpc) is 3.57. The van der Waals surface area contributed by atoms with Crippen molar-refractivity contribution in [2.24, 2.45) is 0 Å². The molecular weight excluding hydrogens is 414 g/mol. The van der Waals surface area contributed by atoms with Crippen molar-refractivity contribution >= 4 is 16.8 Å². The van der Waals surface area contributed by atoms with E-state index in [-0.39, 0.29) is 18.6 Å². The molecule has 1 amide bonds. The Morgan fingerprint density at radius 1 is 1.21 bits per heavy atom. The number of fused-ring (bicyclic) bond motifs is 1. The highest BCUT2D eigenvalue weighted by molar-refractivity contribution is 5.97. The van der Waals surface area contributed by atoms with Crippen molar-refractivity contribution in [1.29, 1.82) is 0 Å². The van der Waals surface area contributed by atoms with E-state index in [0.717, 1.165) is 47.0 Å². The molecular formula is C27H31N3O3. The molecule has 1 N–H and O–H groups in total. The largest absolute Gasteiger partial charge is 0.497 e. The molecule has 0 bridgehead atoms. The minimum Gasteiger partial charge on any atom is -0.497 e. The number of amides is 1. The molecule has 1 aliphatic carbocycles. The molecule has 1 aromatic heterocycles. The Morgan fingerprint density at radius 2 is 2.06 bits per heavy atom. The van der Waals surface area contributed by atoms with Crippen LogP contribution in [0.3, 0.4) is 0 Å². The van der Waals surface area contributed by atoms with E-state index in [1.54, 1.807) is 13.2 Å². The third-order valence-corrected chi connectivity index (χ3v) is 6.81. The molecule has 2 fully saturated rings. The van der Waals surface area contributed by atoms with Crippen LogP contribution in [0.15, 0.2) is 42.5 Å². The Bertz CT molecular complexity index is 1320. The number of aryl methyl sites for hydroxylation is 2. The standard InChI is InChI=1S/C27H31N3O3/c1-17-5-7-20(33-16-19-9-12-30(19)3)13-23(17)26(31)29-27(10-11-27)24-14-21(32-4)15-25-22(24)8-6-18(2)28-25/h5-8,13-15,19H,9-12,16H2,1-4H3,(H,29,31)/t19-/m0/s1/i3D3. The number of benzene rings is 2. The predicted molar refractivity (Wildman–Crippen MR) is 129 cm³/mol. The number of ether oxygens (including phenoxy) is 2. The third-order valence-electron chi connectivity index (χ3n) is 6.81. The Hall–Kier alpha value is -3.12. The van der Waals surface area contributed by atoms with E-state index in [0.29, 0.717) is 23.6 Å². The van der Waals surface area contributed by atoms with Crippen molar-refractivity contribution in [3.05, 3.63) is 64.8 Å². The van der Waals surface area contributed by atoms with E-state index in [9.17, 15) is 4.79 Å². The van der Waals surface area contributed by atoms with Gasteiger partial charge in [-0.05, 0) is 82.0 Å². The maximum Gasteiger partial charge on any atom is 0.252 e. The second kappa shape index (κ2) is 8.34. The van der Waals surface area contributed by atoms with E-state index >= 15 is 0 Å². The second-order valence-corrected chi connectivity index (χ2v) is 9.15. The van der Waals surface area contributed by atoms with Gasteiger partial charge in [0, 0.05) is 32.9 Å². The van der Waals surface area contributed by atoms with Gasteiger partial charge in [-0.1, -0.05) is 12.1 Å². The van der Waals surface area contributed by atoms with Crippen LogP contribution in [0.25, 0.3) is 10.9 Å². The van der Waals surface area contributed by atoms with Crippen LogP contribution in [0, 0.1) is 13.8 Å². The highest BCUT2D eigenvalue weighted by Crippen LogP contribution is 2.49. The summed E-state index contributed by atoms with van der Waals surface area (Å²) in [5.41, 5.74) is 3.69. The minimum absolute atomic E-state index is 0.149. The van der Waals surface area contributed by atoms with Gasteiger partial charge >= 0.3 is 0 Å². The van der Waals surface area contributed by atoms with Gasteiger partial charge in [0.15, 0.2) is 0 Å². The molecule has 1 aliphatic heterocycles. The zero-order chi connectivity index (χ0) is 25.7. The summed E-state index contributed by atoms with van der Waals surface area (Å²) in [6, 6.07) is 13.2. The summed E-state index contributed by atoms with van der Waals surface area (Å²) in [5.74, 6) is 1.10. The summed E-state index contributed by atoms with van der Waals surface area (Å²) in [6.07, 6.45) is 2.44. The molecule has 5 rings (SSSR count). The van der Waals surface area contributed by atoms with Crippen molar-refractivity contribution < 1.29 is 18.4 Å². The zero-order valence-electron chi connectivity index (χ0n) is 22.3. The lowest BCUT2D eigenvalue weighted by molar-refractivity contribution is 0.0767. The van der Waals surface area contributed by atoms with Crippen LogP contribution in [-0.4, -0.2) is 49.1 Å². The molecule has 3 aromatic rings. The van der Waals surface area contributed by atoms with Crippen LogP contribution in [0.4, 0.5) is 0 Å². The summed E-state index contributed by atoms with van der Waals surface area (Å²) in [7, 11) is 1.63. The molecule has 0 unspecified atom stereocenters. The van der Waals surface area contributed by atoms with Gasteiger partial charge in [-0.3, -0.25) is 14.7 Å². The normalized spacial score (nSPS) is 20.8. The number of carbonyl (C=O) groups excluding carboxylic acids is 1. The molecule has 172 valence electrons. The highest BCUT2D eigenvalue weighted by atomic mass is 16.5. The van der Waals surface area contributed by atoms with Crippen LogP contribution < -0.4 is 14.8 Å². The van der Waals surface area contributed by atoms with Crippen molar-refractivity contribution in [2.75, 3.05) is 27.2 Å². The van der Waals surface area contributed by atoms with E-state index in [1.165, 1.54) is 4.90 Å². The lowest BCUT2D eigenvalue weighted by Gasteiger charge is -2.37. The average molecular weight is 449 g/mol. The summed E-state index contributed by atoms with van der Waals surface area (Å²) in [5, 5.41) is 4.29. The summed E-state index contributed by atoms with van der Waals surface area (Å²) < 4.78 is 34.3. The number of nitrogens with one attached hydrogen (secondary N) is 1. The van der Waals surface area contributed by atoms with Gasteiger partial charge in [0.2, 0.25) is 0 Å². The second-order valence-electron chi connectivity index (χ2n) is 9.15. The third kappa shape index (κ3) is 4.15. The molecule has 2 aliphatic rings. The number of hydrogen-bond acceptors (Lipinski definition) is 5. The first-order chi connectivity index (χ1) is 17.1. The minimum atomic E-state index is -2.11. The van der Waals surface area contributed by atoms with Crippen molar-refractivity contribution in [2.45, 2.75) is 44.7 Å². The lowest BCUT2D eigenvalue weighted by atomic mass is 9.97. The molecule has 0 radical (unpaired) electrons. The Morgan fingerprint density at radius 3 is 2.76 bits per heavy atom. The van der Waals surface area contributed by atoms with Crippen molar-refractivity contribution in [1.82, 2.24) is 15.2 Å². The summed E-state index contributed by atoms with van der Waals surface area (Å²) in [6.45, 7) is 2.56. The number of likely N-dealkylation sites (N-methyl/N-ethyl adjacent to an activating group) is 1. The molecule has 2 heterocycles. The summed E-state index contributed by atoms with van der Waals surface area (Å²) in [4.78, 5) is 19.6. The van der Waals surface area contributed by atoms with E-state index in [2.05, 4.69) is 16.4 Å². The van der Waals surface area contributed by atoms with E-state index in [1.807, 2.05) is 44.2 Å². The zero-order valence-corrected chi connectivity index (χ0v) is 19.3. The number of likely N-dealkylation sites (tertiary alicyclic amines) is 1. The van der Waals surface area contributed by atoms with Gasteiger partial charge in [-0.25, -0.2) is 0 Å². The molecule has 1 saturated heterocycles. The smallest absolute Gasteiger partial charge is 0.252 e. The van der Waals surface area contributed by atoms with Gasteiger partial charge in [0.25, 0.3) is 5.91 Å². The van der Waals surface area contributed by atoms with Gasteiger partial charge < -0.3 is 14.8 Å². The maximum absolute atomic E-state index is 13.5. The van der Waals surface area contributed by atoms with E-state index < -0.39 is 12.5 Å². The highest BCUT2D eigenvalue weighted by Gasteiger charge is 2.47. The molecule has 2 aromatic carbocycles. The molecule has 33 heavy (non-hydrogen) atoms. The quantitative estimate of drug-likeness (QED) is 0.582. The van der Waals surface area contributed by atoms with Crippen LogP contribution in [-0.2, 0) is 5.54 Å². The lowest BCUT2D eigenvalue weighted by Crippen LogP contribution is -2.48. The molecule has 0 spiro atoms. The van der Waals surface area contributed by atoms with Gasteiger partial charge in [0.05, 0.1) is 18.2 Å². The van der Waals surface area contributed by atoms with Crippen LogP contribution in [0.5, 0.6) is 11.5 Å². The number of nitrogens with zero attached hydrogens (tertiary/aromatic N) is 2. The number of pyridine rings is 1. The van der Waals surface area contributed by atoms with Crippen molar-refractivity contribution in [3.8, 4) is 11.5 Å². The number of hydrogen-bond donors (Lipinski definition) is 1. The maximum atomic E-state index is 13.5. The number of methoxy groups -OCH3 is 1. The fraction of sp³-hybridized carbons (Fsp3) is 0.407. The van der Waals surface area contributed by atoms with Crippen molar-refractivity contribution in [3.63, 3.8) is 0 Å². The van der Waals surface area contributed by atoms with Gasteiger partial charge in [-0.2, -0.15) is 0 Å². The Balaban J connectivity index is 1.36. The van der Waals surface area contributed by atoms with Crippen LogP contribution in [0.2, 0.25) is 0 Å². The Labute approximate surface area is 199 Å². The number of carbonyl (C=O) groups is 1. The summed E-state index contributed by atoms with van der Waals surface area (Å²) >= 11 is 0. The van der Waals surface area contributed by atoms with Gasteiger partial charge in [-0.15, -0.1) is 0 Å². The number of rotatable bonds is 7. The monoisotopic (exact) mass is 448 g/mol. The van der Waals surface area contributed by atoms with E-state index in [4.69, 9.17) is 13.6 Å². The topological polar surface area (TPSA) is 63.7 Å². The van der Waals surface area contributed by atoms with Gasteiger partial charge in [0.1, 0.15) is 18.1 Å². The number of aromatic nitrogens is 1. The fourth-order valence-electron chi connectivity index (χ4n) is 4.44. The molecule has 6 heteroatoms. The predicted octanol–water partition coefficient (Wildman–Crippen LogP) is 4.36. The van der Waals surface area contributed by atoms with Crippen LogP contribution >= 0.6 is 0 Å². The van der Waals surface area contributed by atoms with Crippen LogP contribution in [0.1, 0.15) is 50.6 Å². The molecule has 1 atom stereocenters. The molecule has 1 saturated carbocycles. The first-order valence-corrected chi connectivity index (χ1v) is 11.4. The Kier molecular flexibility index (Phi) is 4.63. The fourth-order valence-corrected chi connectivity index (χ4v) is 4.44. The SMILES string of the molecule is [2H]C([2H])([2H])N1CC[C@H]1COc1ccc(C)c(C(=O)NC2(c3cc(OC)cc4nc(C)ccc34)CC2)c1. The first-order valence-electron chi connectivity index (χ1n) is 12.9.